The Kier molecular flexibility index (Phi) is 3.60. The average Bonchev–Trinajstić information content (AvgIpc) is 3.13. The summed E-state index contributed by atoms with van der Waals surface area (Å²) in [6.45, 7) is 9.24. The quantitative estimate of drug-likeness (QED) is 0.773. The fourth-order valence-electron chi connectivity index (χ4n) is 2.79. The van der Waals surface area contributed by atoms with E-state index in [0.29, 0.717) is 5.92 Å². The van der Waals surface area contributed by atoms with E-state index in [9.17, 15) is 0 Å². The molecule has 0 aromatic carbocycles. The molecule has 0 radical (unpaired) electrons. The molecule has 0 saturated carbocycles. The second kappa shape index (κ2) is 5.66. The van der Waals surface area contributed by atoms with E-state index in [4.69, 9.17) is 5.10 Å². The molecular weight excluding hydrogens is 324 g/mol. The van der Waals surface area contributed by atoms with Crippen LogP contribution in [-0.2, 0) is 5.41 Å². The Morgan fingerprint density at radius 3 is 2.79 bits per heavy atom. The summed E-state index contributed by atoms with van der Waals surface area (Å²) in [7, 11) is 0. The van der Waals surface area contributed by atoms with Gasteiger partial charge in [-0.1, -0.05) is 20.8 Å². The monoisotopic (exact) mass is 344 g/mol. The highest BCUT2D eigenvalue weighted by atomic mass is 32.1. The van der Waals surface area contributed by atoms with Gasteiger partial charge in [-0.2, -0.15) is 13.3 Å². The lowest BCUT2D eigenvalue weighted by atomic mass is 9.96. The molecule has 3 aromatic heterocycles. The summed E-state index contributed by atoms with van der Waals surface area (Å²) in [5.74, 6) is 3.30. The molecule has 0 spiro atoms. The molecule has 0 bridgehead atoms. The van der Waals surface area contributed by atoms with Crippen LogP contribution in [0.4, 0.5) is 11.6 Å². The lowest BCUT2D eigenvalue weighted by Crippen LogP contribution is -2.50. The predicted molar refractivity (Wildman–Crippen MR) is 93.6 cm³/mol. The van der Waals surface area contributed by atoms with Crippen LogP contribution in [0.2, 0.25) is 0 Å². The maximum absolute atomic E-state index is 4.74. The van der Waals surface area contributed by atoms with Crippen molar-refractivity contribution in [2.24, 2.45) is 5.92 Å². The molecule has 126 valence electrons. The molecule has 1 aliphatic rings. The first-order valence-corrected chi connectivity index (χ1v) is 8.73. The lowest BCUT2D eigenvalue weighted by molar-refractivity contribution is 0.423. The molecule has 1 saturated heterocycles. The number of aromatic nitrogens is 6. The first-order chi connectivity index (χ1) is 11.5. The van der Waals surface area contributed by atoms with Crippen LogP contribution in [0.25, 0.3) is 5.65 Å². The van der Waals surface area contributed by atoms with Gasteiger partial charge in [0.1, 0.15) is 5.82 Å². The Balaban J connectivity index is 1.44. The second-order valence-electron chi connectivity index (χ2n) is 7.18. The summed E-state index contributed by atoms with van der Waals surface area (Å²) >= 11 is 1.22. The minimum atomic E-state index is -0.0893. The summed E-state index contributed by atoms with van der Waals surface area (Å²) in [5, 5.41) is 16.6. The molecule has 3 aromatic rings. The van der Waals surface area contributed by atoms with Gasteiger partial charge in [-0.05, 0) is 12.1 Å². The van der Waals surface area contributed by atoms with Gasteiger partial charge in [-0.3, -0.25) is 0 Å². The van der Waals surface area contributed by atoms with Gasteiger partial charge in [0, 0.05) is 31.0 Å². The zero-order chi connectivity index (χ0) is 16.7. The highest BCUT2D eigenvalue weighted by molar-refractivity contribution is 6.99. The van der Waals surface area contributed by atoms with Gasteiger partial charge < -0.3 is 10.2 Å². The maximum Gasteiger partial charge on any atom is 0.178 e. The molecular formula is C15H20N8S. The molecule has 4 rings (SSSR count). The lowest BCUT2D eigenvalue weighted by Gasteiger charge is -2.40. The Labute approximate surface area is 144 Å². The van der Waals surface area contributed by atoms with Crippen LogP contribution in [0.1, 0.15) is 26.6 Å². The van der Waals surface area contributed by atoms with Gasteiger partial charge in [-0.15, -0.1) is 15.3 Å². The zero-order valence-electron chi connectivity index (χ0n) is 14.0. The van der Waals surface area contributed by atoms with E-state index >= 15 is 0 Å². The van der Waals surface area contributed by atoms with Gasteiger partial charge in [-0.25, -0.2) is 0 Å². The van der Waals surface area contributed by atoms with Crippen LogP contribution >= 0.6 is 11.7 Å². The number of nitrogens with one attached hydrogen (secondary N) is 1. The van der Waals surface area contributed by atoms with Crippen molar-refractivity contribution in [2.45, 2.75) is 26.2 Å². The van der Waals surface area contributed by atoms with Crippen molar-refractivity contribution in [3.8, 4) is 0 Å². The Hall–Kier alpha value is -2.29. The standard InChI is InChI=1S/C15H20N8S/c1-15(2,3)14-19-18-12-4-5-13(20-23(12)14)22-8-10(9-22)6-16-11-7-17-24-21-11/h4-5,7,10H,6,8-9H2,1-3H3,(H,16,21). The van der Waals surface area contributed by atoms with E-state index in [1.165, 1.54) is 11.7 Å². The van der Waals surface area contributed by atoms with Crippen LogP contribution in [0, 0.1) is 5.92 Å². The largest absolute Gasteiger partial charge is 0.367 e. The Morgan fingerprint density at radius 1 is 1.25 bits per heavy atom. The molecule has 0 unspecified atom stereocenters. The first kappa shape index (κ1) is 15.3. The zero-order valence-corrected chi connectivity index (χ0v) is 14.8. The van der Waals surface area contributed by atoms with Gasteiger partial charge in [0.25, 0.3) is 0 Å². The van der Waals surface area contributed by atoms with Gasteiger partial charge in [0.15, 0.2) is 17.3 Å². The predicted octanol–water partition coefficient (Wildman–Crippen LogP) is 1.82. The summed E-state index contributed by atoms with van der Waals surface area (Å²) in [5.41, 5.74) is 0.701. The molecule has 4 heterocycles. The molecule has 0 atom stereocenters. The Morgan fingerprint density at radius 2 is 2.08 bits per heavy atom. The van der Waals surface area contributed by atoms with Crippen molar-refractivity contribution in [1.82, 2.24) is 28.6 Å². The first-order valence-electron chi connectivity index (χ1n) is 8.00. The number of fused-ring (bicyclic) bond motifs is 1. The van der Waals surface area contributed by atoms with Crippen molar-refractivity contribution in [2.75, 3.05) is 29.9 Å². The third kappa shape index (κ3) is 2.79. The molecule has 0 aliphatic carbocycles. The van der Waals surface area contributed by atoms with E-state index < -0.39 is 0 Å². The molecule has 1 aliphatic heterocycles. The highest BCUT2D eigenvalue weighted by Crippen LogP contribution is 2.25. The van der Waals surface area contributed by atoms with Crippen LogP contribution in [0.3, 0.4) is 0 Å². The summed E-state index contributed by atoms with van der Waals surface area (Å²) < 4.78 is 10.0. The van der Waals surface area contributed by atoms with Gasteiger partial charge in [0.2, 0.25) is 0 Å². The number of anilines is 2. The number of hydrogen-bond acceptors (Lipinski definition) is 8. The summed E-state index contributed by atoms with van der Waals surface area (Å²) in [4.78, 5) is 2.28. The normalized spacial score (nSPS) is 15.7. The molecule has 1 fully saturated rings. The SMILES string of the molecule is CC(C)(C)c1nnc2ccc(N3CC(CNc4cnsn4)C3)nn12. The van der Waals surface area contributed by atoms with E-state index in [2.05, 4.69) is 49.9 Å². The van der Waals surface area contributed by atoms with Gasteiger partial charge >= 0.3 is 0 Å². The molecule has 24 heavy (non-hydrogen) atoms. The van der Waals surface area contributed by atoms with Crippen molar-refractivity contribution in [3.05, 3.63) is 24.2 Å². The molecule has 8 nitrogen and oxygen atoms in total. The van der Waals surface area contributed by atoms with Crippen LogP contribution in [0.5, 0.6) is 0 Å². The van der Waals surface area contributed by atoms with Crippen molar-refractivity contribution < 1.29 is 0 Å². The minimum Gasteiger partial charge on any atom is -0.367 e. The van der Waals surface area contributed by atoms with E-state index in [-0.39, 0.29) is 5.41 Å². The smallest absolute Gasteiger partial charge is 0.178 e. The molecule has 0 amide bonds. The average molecular weight is 344 g/mol. The summed E-state index contributed by atoms with van der Waals surface area (Å²) in [6.07, 6.45) is 1.76. The fraction of sp³-hybridized carbons (Fsp3) is 0.533. The van der Waals surface area contributed by atoms with Gasteiger partial charge in [0.05, 0.1) is 17.9 Å². The van der Waals surface area contributed by atoms with Crippen LogP contribution in [-0.4, -0.2) is 48.2 Å². The van der Waals surface area contributed by atoms with E-state index in [0.717, 1.165) is 42.7 Å². The fourth-order valence-corrected chi connectivity index (χ4v) is 3.19. The van der Waals surface area contributed by atoms with Crippen LogP contribution in [0.15, 0.2) is 18.3 Å². The summed E-state index contributed by atoms with van der Waals surface area (Å²) in [6, 6.07) is 4.00. The van der Waals surface area contributed by atoms with E-state index in [1.54, 1.807) is 6.20 Å². The molecule has 9 heteroatoms. The van der Waals surface area contributed by atoms with E-state index in [1.807, 2.05) is 16.6 Å². The molecule has 1 N–H and O–H groups in total. The van der Waals surface area contributed by atoms with Crippen molar-refractivity contribution in [1.29, 1.82) is 0 Å². The third-order valence-electron chi connectivity index (χ3n) is 4.13. The number of rotatable bonds is 4. The van der Waals surface area contributed by atoms with Crippen LogP contribution < -0.4 is 10.2 Å². The Bertz CT molecular complexity index is 829. The number of hydrogen-bond donors (Lipinski definition) is 1. The topological polar surface area (TPSA) is 84.1 Å². The highest BCUT2D eigenvalue weighted by Gasteiger charge is 2.29. The van der Waals surface area contributed by atoms with Crippen molar-refractivity contribution in [3.63, 3.8) is 0 Å². The minimum absolute atomic E-state index is 0.0893. The van der Waals surface area contributed by atoms with Crippen molar-refractivity contribution >= 4 is 29.0 Å². The maximum atomic E-state index is 4.74. The number of nitrogens with zero attached hydrogens (tertiary/aromatic N) is 7. The third-order valence-corrected chi connectivity index (χ3v) is 4.61. The second-order valence-corrected chi connectivity index (χ2v) is 7.74.